The van der Waals surface area contributed by atoms with E-state index in [1.807, 2.05) is 25.1 Å². The highest BCUT2D eigenvalue weighted by molar-refractivity contribution is 7.89. The molecule has 2 heterocycles. The molecule has 0 unspecified atom stereocenters. The lowest BCUT2D eigenvalue weighted by Gasteiger charge is -2.11. The van der Waals surface area contributed by atoms with Crippen molar-refractivity contribution in [2.45, 2.75) is 37.4 Å². The quantitative estimate of drug-likeness (QED) is 0.705. The third-order valence-electron chi connectivity index (χ3n) is 4.22. The molecule has 1 aliphatic carbocycles. The fourth-order valence-electron chi connectivity index (χ4n) is 2.69. The van der Waals surface area contributed by atoms with Crippen LogP contribution in [0.25, 0.3) is 5.65 Å². The Labute approximate surface area is 146 Å². The normalized spacial score (nSPS) is 14.8. The highest BCUT2D eigenvalue weighted by atomic mass is 32.2. The monoisotopic (exact) mass is 357 g/mol. The summed E-state index contributed by atoms with van der Waals surface area (Å²) < 4.78 is 29.1. The molecule has 2 N–H and O–H groups in total. The minimum Gasteiger partial charge on any atom is -0.382 e. The third kappa shape index (κ3) is 3.35. The number of hydrogen-bond donors (Lipinski definition) is 2. The summed E-state index contributed by atoms with van der Waals surface area (Å²) in [5, 5.41) is 7.55. The van der Waals surface area contributed by atoms with Crippen LogP contribution in [0, 0.1) is 6.92 Å². The Kier molecular flexibility index (Phi) is 3.93. The standard InChI is InChI=1S/C17H19N5O2S/c1-12-9-13(4-7-15(12)21-14-5-6-14)10-20-25(23,24)17-11-18-16-3-2-8-19-22(16)17/h2-4,7-9,11,14,20-21H,5-6,10H2,1H3. The number of nitrogens with one attached hydrogen (secondary N) is 2. The van der Waals surface area contributed by atoms with E-state index in [0.717, 1.165) is 16.8 Å². The van der Waals surface area contributed by atoms with Gasteiger partial charge in [-0.15, -0.1) is 0 Å². The summed E-state index contributed by atoms with van der Waals surface area (Å²) in [5.74, 6) is 0. The average molecular weight is 357 g/mol. The largest absolute Gasteiger partial charge is 0.382 e. The molecule has 1 aliphatic rings. The summed E-state index contributed by atoms with van der Waals surface area (Å²) in [6.07, 6.45) is 5.28. The van der Waals surface area contributed by atoms with Gasteiger partial charge in [-0.1, -0.05) is 12.1 Å². The van der Waals surface area contributed by atoms with E-state index in [1.54, 1.807) is 12.1 Å². The van der Waals surface area contributed by atoms with Crippen LogP contribution in [0.2, 0.25) is 0 Å². The van der Waals surface area contributed by atoms with Crippen LogP contribution >= 0.6 is 0 Å². The molecule has 7 nitrogen and oxygen atoms in total. The van der Waals surface area contributed by atoms with Crippen LogP contribution in [0.4, 0.5) is 5.69 Å². The van der Waals surface area contributed by atoms with Gasteiger partial charge in [0.2, 0.25) is 0 Å². The van der Waals surface area contributed by atoms with Gasteiger partial charge in [0, 0.05) is 24.5 Å². The number of fused-ring (bicyclic) bond motifs is 1. The van der Waals surface area contributed by atoms with Crippen molar-refractivity contribution in [1.82, 2.24) is 19.3 Å². The van der Waals surface area contributed by atoms with Gasteiger partial charge in [0.05, 0.1) is 6.20 Å². The van der Waals surface area contributed by atoms with E-state index < -0.39 is 10.0 Å². The number of aromatic nitrogens is 3. The van der Waals surface area contributed by atoms with Crippen molar-refractivity contribution in [2.24, 2.45) is 0 Å². The number of benzene rings is 1. The fraction of sp³-hybridized carbons (Fsp3) is 0.294. The second-order valence-corrected chi connectivity index (χ2v) is 8.00. The van der Waals surface area contributed by atoms with Gasteiger partial charge in [-0.25, -0.2) is 22.6 Å². The highest BCUT2D eigenvalue weighted by Gasteiger charge is 2.22. The molecule has 0 atom stereocenters. The van der Waals surface area contributed by atoms with Crippen LogP contribution in [-0.2, 0) is 16.6 Å². The maximum absolute atomic E-state index is 12.6. The van der Waals surface area contributed by atoms with Crippen molar-refractivity contribution in [2.75, 3.05) is 5.32 Å². The van der Waals surface area contributed by atoms with E-state index in [0.29, 0.717) is 11.7 Å². The van der Waals surface area contributed by atoms with E-state index in [1.165, 1.54) is 29.8 Å². The van der Waals surface area contributed by atoms with Crippen LogP contribution < -0.4 is 10.0 Å². The first kappa shape index (κ1) is 16.0. The van der Waals surface area contributed by atoms with Crippen LogP contribution in [0.3, 0.4) is 0 Å². The maximum Gasteiger partial charge on any atom is 0.260 e. The van der Waals surface area contributed by atoms with Crippen LogP contribution in [0.15, 0.2) is 47.8 Å². The molecule has 1 aromatic carbocycles. The summed E-state index contributed by atoms with van der Waals surface area (Å²) in [6, 6.07) is 9.96. The maximum atomic E-state index is 12.6. The lowest BCUT2D eigenvalue weighted by atomic mass is 10.1. The number of imidazole rings is 1. The molecule has 0 amide bonds. The molecule has 8 heteroatoms. The summed E-state index contributed by atoms with van der Waals surface area (Å²) in [7, 11) is -3.70. The molecule has 0 radical (unpaired) electrons. The smallest absolute Gasteiger partial charge is 0.260 e. The summed E-state index contributed by atoms with van der Waals surface area (Å²) in [5.41, 5.74) is 3.62. The lowest BCUT2D eigenvalue weighted by Crippen LogP contribution is -2.25. The zero-order chi connectivity index (χ0) is 17.4. The highest BCUT2D eigenvalue weighted by Crippen LogP contribution is 2.27. The molecule has 130 valence electrons. The predicted octanol–water partition coefficient (Wildman–Crippen LogP) is 2.09. The minimum absolute atomic E-state index is 0.0341. The Balaban J connectivity index is 1.51. The van der Waals surface area contributed by atoms with Crippen LogP contribution in [0.1, 0.15) is 24.0 Å². The predicted molar refractivity (Wildman–Crippen MR) is 94.8 cm³/mol. The number of aryl methyl sites for hydroxylation is 1. The lowest BCUT2D eigenvalue weighted by molar-refractivity contribution is 0.573. The summed E-state index contributed by atoms with van der Waals surface area (Å²) in [6.45, 7) is 2.24. The van der Waals surface area contributed by atoms with E-state index in [2.05, 4.69) is 20.1 Å². The SMILES string of the molecule is Cc1cc(CNS(=O)(=O)c2cnc3cccnn23)ccc1NC1CC1. The Morgan fingerprint density at radius 1 is 1.28 bits per heavy atom. The first-order valence-corrected chi connectivity index (χ1v) is 9.66. The van der Waals surface area contributed by atoms with E-state index >= 15 is 0 Å². The van der Waals surface area contributed by atoms with E-state index in [9.17, 15) is 8.42 Å². The van der Waals surface area contributed by atoms with Gasteiger partial charge in [-0.3, -0.25) is 0 Å². The van der Waals surface area contributed by atoms with Gasteiger partial charge in [0.25, 0.3) is 10.0 Å². The molecule has 0 saturated heterocycles. The number of anilines is 1. The van der Waals surface area contributed by atoms with Gasteiger partial charge in [0.1, 0.15) is 0 Å². The molecule has 3 aromatic rings. The number of nitrogens with zero attached hydrogens (tertiary/aromatic N) is 3. The summed E-state index contributed by atoms with van der Waals surface area (Å²) in [4.78, 5) is 4.07. The Bertz CT molecular complexity index is 1020. The van der Waals surface area contributed by atoms with Crippen molar-refractivity contribution >= 4 is 21.4 Å². The molecule has 0 bridgehead atoms. The molecular formula is C17H19N5O2S. The average Bonchev–Trinajstić information content (AvgIpc) is 3.30. The first-order valence-electron chi connectivity index (χ1n) is 8.17. The number of sulfonamides is 1. The molecule has 0 aliphatic heterocycles. The Morgan fingerprint density at radius 2 is 2.12 bits per heavy atom. The van der Waals surface area contributed by atoms with Gasteiger partial charge >= 0.3 is 0 Å². The van der Waals surface area contributed by atoms with Crippen molar-refractivity contribution in [1.29, 1.82) is 0 Å². The molecule has 1 fully saturated rings. The molecule has 25 heavy (non-hydrogen) atoms. The van der Waals surface area contributed by atoms with Gasteiger partial charge in [-0.05, 0) is 49.1 Å². The second kappa shape index (κ2) is 6.12. The molecule has 1 saturated carbocycles. The van der Waals surface area contributed by atoms with Crippen molar-refractivity contribution in [3.05, 3.63) is 53.9 Å². The van der Waals surface area contributed by atoms with E-state index in [4.69, 9.17) is 0 Å². The topological polar surface area (TPSA) is 88.4 Å². The van der Waals surface area contributed by atoms with Crippen LogP contribution in [0.5, 0.6) is 0 Å². The molecule has 4 rings (SSSR count). The zero-order valence-corrected chi connectivity index (χ0v) is 14.6. The fourth-order valence-corrected chi connectivity index (χ4v) is 3.75. The van der Waals surface area contributed by atoms with Crippen molar-refractivity contribution in [3.8, 4) is 0 Å². The Morgan fingerprint density at radius 3 is 2.88 bits per heavy atom. The molecular weight excluding hydrogens is 338 g/mol. The first-order chi connectivity index (χ1) is 12.0. The third-order valence-corrected chi connectivity index (χ3v) is 5.57. The van der Waals surface area contributed by atoms with Gasteiger partial charge in [0.15, 0.2) is 10.7 Å². The number of hydrogen-bond acceptors (Lipinski definition) is 5. The van der Waals surface area contributed by atoms with Crippen molar-refractivity contribution in [3.63, 3.8) is 0 Å². The zero-order valence-electron chi connectivity index (χ0n) is 13.8. The Hall–Kier alpha value is -2.45. The second-order valence-electron chi connectivity index (χ2n) is 6.28. The molecule has 2 aromatic heterocycles. The van der Waals surface area contributed by atoms with Crippen LogP contribution in [-0.4, -0.2) is 29.1 Å². The minimum atomic E-state index is -3.70. The number of rotatable bonds is 6. The summed E-state index contributed by atoms with van der Waals surface area (Å²) >= 11 is 0. The van der Waals surface area contributed by atoms with Gasteiger partial charge in [-0.2, -0.15) is 5.10 Å². The van der Waals surface area contributed by atoms with Crippen molar-refractivity contribution < 1.29 is 8.42 Å². The van der Waals surface area contributed by atoms with E-state index in [-0.39, 0.29) is 11.6 Å². The molecule has 0 spiro atoms. The van der Waals surface area contributed by atoms with Gasteiger partial charge < -0.3 is 5.32 Å².